The van der Waals surface area contributed by atoms with E-state index < -0.39 is 56.6 Å². The van der Waals surface area contributed by atoms with Crippen LogP contribution in [-0.2, 0) is 6.18 Å². The van der Waals surface area contributed by atoms with Gasteiger partial charge in [0.25, 0.3) is 11.6 Å². The Hall–Kier alpha value is -2.79. The van der Waals surface area contributed by atoms with Crippen molar-refractivity contribution in [3.05, 3.63) is 50.1 Å². The first-order valence-electron chi connectivity index (χ1n) is 11.4. The van der Waals surface area contributed by atoms with Gasteiger partial charge in [-0.05, 0) is 50.9 Å². The van der Waals surface area contributed by atoms with Crippen molar-refractivity contribution in [3.63, 3.8) is 0 Å². The topological polar surface area (TPSA) is 71.1 Å². The molecule has 36 heavy (non-hydrogen) atoms. The number of ether oxygens (including phenoxy) is 1. The Morgan fingerprint density at radius 3 is 2.75 bits per heavy atom. The lowest BCUT2D eigenvalue weighted by Crippen LogP contribution is -2.43. The van der Waals surface area contributed by atoms with Crippen molar-refractivity contribution in [1.29, 1.82) is 0 Å². The summed E-state index contributed by atoms with van der Waals surface area (Å²) in [5.74, 6) is -1.22. The van der Waals surface area contributed by atoms with Crippen molar-refractivity contribution in [3.8, 4) is 17.3 Å². The molecule has 0 aliphatic carbocycles. The van der Waals surface area contributed by atoms with Gasteiger partial charge in [-0.3, -0.25) is 19.7 Å². The predicted octanol–water partition coefficient (Wildman–Crippen LogP) is 5.37. The molecule has 1 aromatic carbocycles. The molecule has 2 aliphatic rings. The molecule has 5 rings (SSSR count). The SMILES string of the molecule is Cc1cc(C)c(C(F)(F)F)c(-c2c(Cl)cc3c(=O)[nH]c(OC[C@@]45CCCN4C[C@H](F)C5)nc3c2F)n1. The third-order valence-electron chi connectivity index (χ3n) is 6.97. The molecule has 2 fully saturated rings. The van der Waals surface area contributed by atoms with Crippen molar-refractivity contribution in [2.45, 2.75) is 51.0 Å². The van der Waals surface area contributed by atoms with E-state index in [9.17, 15) is 22.4 Å². The lowest BCUT2D eigenvalue weighted by atomic mass is 9.95. The number of H-pyrrole nitrogens is 1. The average Bonchev–Trinajstić information content (AvgIpc) is 3.27. The number of nitrogens with one attached hydrogen (secondary N) is 1. The highest BCUT2D eigenvalue weighted by Crippen LogP contribution is 2.43. The second-order valence-electron chi connectivity index (χ2n) is 9.48. The van der Waals surface area contributed by atoms with Crippen LogP contribution in [0.2, 0.25) is 5.02 Å². The number of aromatic amines is 1. The molecule has 2 aliphatic heterocycles. The van der Waals surface area contributed by atoms with Crippen molar-refractivity contribution in [2.24, 2.45) is 0 Å². The Morgan fingerprint density at radius 1 is 1.28 bits per heavy atom. The Bertz CT molecular complexity index is 1430. The fourth-order valence-corrected chi connectivity index (χ4v) is 5.78. The van der Waals surface area contributed by atoms with Crippen molar-refractivity contribution >= 4 is 22.5 Å². The summed E-state index contributed by atoms with van der Waals surface area (Å²) < 4.78 is 77.2. The van der Waals surface area contributed by atoms with Crippen molar-refractivity contribution in [2.75, 3.05) is 19.7 Å². The first-order chi connectivity index (χ1) is 16.9. The van der Waals surface area contributed by atoms with E-state index in [1.54, 1.807) is 0 Å². The molecule has 2 aromatic heterocycles. The number of rotatable bonds is 4. The number of hydrogen-bond donors (Lipinski definition) is 1. The number of alkyl halides is 4. The third kappa shape index (κ3) is 4.11. The predicted molar refractivity (Wildman–Crippen MR) is 124 cm³/mol. The second kappa shape index (κ2) is 8.65. The molecule has 0 radical (unpaired) electrons. The van der Waals surface area contributed by atoms with Gasteiger partial charge in [0.15, 0.2) is 5.82 Å². The van der Waals surface area contributed by atoms with Crippen LogP contribution >= 0.6 is 11.6 Å². The summed E-state index contributed by atoms with van der Waals surface area (Å²) >= 11 is 6.20. The molecule has 0 saturated carbocycles. The quantitative estimate of drug-likeness (QED) is 0.461. The molecule has 3 aromatic rings. The molecule has 2 saturated heterocycles. The standard InChI is InChI=1S/C24H22ClF5N4O2/c1-11-6-12(2)31-20(17(11)24(28,29)30)16-15(25)7-14-19(18(16)27)32-22(33-21(14)35)36-10-23-4-3-5-34(23)9-13(26)8-23/h6-7,13H,3-5,8-10H2,1-2H3,(H,32,33,35)/t13-,23+/m1/s1. The van der Waals surface area contributed by atoms with Gasteiger partial charge in [-0.1, -0.05) is 11.6 Å². The lowest BCUT2D eigenvalue weighted by molar-refractivity contribution is -0.137. The number of nitrogens with zero attached hydrogens (tertiary/aromatic N) is 3. The van der Waals surface area contributed by atoms with Gasteiger partial charge in [-0.25, -0.2) is 8.78 Å². The van der Waals surface area contributed by atoms with Gasteiger partial charge in [-0.15, -0.1) is 0 Å². The van der Waals surface area contributed by atoms with Gasteiger partial charge in [0.2, 0.25) is 0 Å². The molecule has 0 spiro atoms. The Kier molecular flexibility index (Phi) is 5.98. The van der Waals surface area contributed by atoms with Gasteiger partial charge in [0, 0.05) is 18.7 Å². The number of benzene rings is 1. The lowest BCUT2D eigenvalue weighted by Gasteiger charge is -2.30. The van der Waals surface area contributed by atoms with Gasteiger partial charge in [-0.2, -0.15) is 18.2 Å². The summed E-state index contributed by atoms with van der Waals surface area (Å²) in [5, 5.41) is -0.665. The highest BCUT2D eigenvalue weighted by atomic mass is 35.5. The molecule has 4 heterocycles. The van der Waals surface area contributed by atoms with Crippen LogP contribution < -0.4 is 10.3 Å². The number of fused-ring (bicyclic) bond motifs is 2. The van der Waals surface area contributed by atoms with E-state index in [-0.39, 0.29) is 35.7 Å². The average molecular weight is 529 g/mol. The summed E-state index contributed by atoms with van der Waals surface area (Å²) in [6.45, 7) is 3.79. The summed E-state index contributed by atoms with van der Waals surface area (Å²) in [5.41, 5.74) is -4.15. The number of pyridine rings is 1. The summed E-state index contributed by atoms with van der Waals surface area (Å²) in [4.78, 5) is 25.1. The van der Waals surface area contributed by atoms with E-state index >= 15 is 4.39 Å². The summed E-state index contributed by atoms with van der Waals surface area (Å²) in [7, 11) is 0. The van der Waals surface area contributed by atoms with E-state index in [1.807, 2.05) is 4.90 Å². The number of halogens is 6. The largest absolute Gasteiger partial charge is 0.463 e. The van der Waals surface area contributed by atoms with E-state index in [0.717, 1.165) is 19.0 Å². The minimum absolute atomic E-state index is 0.0286. The van der Waals surface area contributed by atoms with Crippen LogP contribution in [-0.4, -0.2) is 51.3 Å². The molecule has 12 heteroatoms. The fraction of sp³-hybridized carbons (Fsp3) is 0.458. The van der Waals surface area contributed by atoms with Gasteiger partial charge < -0.3 is 4.74 Å². The maximum absolute atomic E-state index is 15.8. The minimum Gasteiger partial charge on any atom is -0.463 e. The first kappa shape index (κ1) is 24.9. The van der Waals surface area contributed by atoms with Crippen LogP contribution in [0.4, 0.5) is 22.0 Å². The molecule has 192 valence electrons. The normalized spacial score (nSPS) is 22.4. The highest BCUT2D eigenvalue weighted by molar-refractivity contribution is 6.34. The van der Waals surface area contributed by atoms with Crippen LogP contribution in [0.5, 0.6) is 6.01 Å². The van der Waals surface area contributed by atoms with Crippen LogP contribution in [0.15, 0.2) is 16.9 Å². The first-order valence-corrected chi connectivity index (χ1v) is 11.8. The zero-order valence-electron chi connectivity index (χ0n) is 19.4. The Morgan fingerprint density at radius 2 is 2.03 bits per heavy atom. The molecule has 0 unspecified atom stereocenters. The second-order valence-corrected chi connectivity index (χ2v) is 9.89. The van der Waals surface area contributed by atoms with Gasteiger partial charge >= 0.3 is 6.18 Å². The fourth-order valence-electron chi connectivity index (χ4n) is 5.50. The van der Waals surface area contributed by atoms with Crippen LogP contribution in [0.25, 0.3) is 22.2 Å². The zero-order valence-corrected chi connectivity index (χ0v) is 20.2. The van der Waals surface area contributed by atoms with Crippen LogP contribution in [0.1, 0.15) is 36.1 Å². The molecular formula is C24H22ClF5N4O2. The number of aryl methyl sites for hydroxylation is 2. The molecule has 2 atom stereocenters. The van der Waals surface area contributed by atoms with E-state index in [2.05, 4.69) is 15.0 Å². The third-order valence-corrected chi connectivity index (χ3v) is 7.27. The Labute approximate surface area is 207 Å². The van der Waals surface area contributed by atoms with Crippen LogP contribution in [0.3, 0.4) is 0 Å². The zero-order chi connectivity index (χ0) is 26.0. The van der Waals surface area contributed by atoms with Gasteiger partial charge in [0.1, 0.15) is 18.3 Å². The van der Waals surface area contributed by atoms with Crippen molar-refractivity contribution in [1.82, 2.24) is 19.9 Å². The van der Waals surface area contributed by atoms with E-state index in [4.69, 9.17) is 16.3 Å². The number of aromatic nitrogens is 3. The minimum atomic E-state index is -4.83. The smallest absolute Gasteiger partial charge is 0.418 e. The van der Waals surface area contributed by atoms with E-state index in [1.165, 1.54) is 19.9 Å². The molecule has 0 bridgehead atoms. The maximum atomic E-state index is 15.8. The monoisotopic (exact) mass is 528 g/mol. The van der Waals surface area contributed by atoms with E-state index in [0.29, 0.717) is 13.0 Å². The maximum Gasteiger partial charge on any atom is 0.418 e. The van der Waals surface area contributed by atoms with Crippen LogP contribution in [0, 0.1) is 19.7 Å². The van der Waals surface area contributed by atoms with Crippen molar-refractivity contribution < 1.29 is 26.7 Å². The Balaban J connectivity index is 1.61. The summed E-state index contributed by atoms with van der Waals surface area (Å²) in [6.07, 6.45) is -3.97. The summed E-state index contributed by atoms with van der Waals surface area (Å²) in [6, 6.07) is 1.99. The highest BCUT2D eigenvalue weighted by Gasteiger charge is 2.49. The van der Waals surface area contributed by atoms with Gasteiger partial charge in [0.05, 0.1) is 32.8 Å². The molecule has 6 nitrogen and oxygen atoms in total. The molecular weight excluding hydrogens is 507 g/mol. The molecule has 1 N–H and O–H groups in total. The number of hydrogen-bond acceptors (Lipinski definition) is 5. The molecule has 0 amide bonds.